The molecule has 10 atom stereocenters. The molecule has 182 valence electrons. The molecule has 0 aromatic carbocycles. The van der Waals surface area contributed by atoms with Gasteiger partial charge in [0.2, 0.25) is 5.91 Å². The maximum absolute atomic E-state index is 12.0. The number of nitrogens with one attached hydrogen (secondary N) is 1. The molecule has 4 rings (SSSR count). The molecule has 0 unspecified atom stereocenters. The first-order valence-electron chi connectivity index (χ1n) is 12.9. The summed E-state index contributed by atoms with van der Waals surface area (Å²) in [7, 11) is 0. The van der Waals surface area contributed by atoms with Gasteiger partial charge in [-0.2, -0.15) is 0 Å². The van der Waals surface area contributed by atoms with Crippen molar-refractivity contribution >= 4 is 11.9 Å². The van der Waals surface area contributed by atoms with Crippen LogP contribution in [-0.2, 0) is 9.59 Å². The second-order valence-electron chi connectivity index (χ2n) is 12.1. The van der Waals surface area contributed by atoms with Crippen LogP contribution < -0.4 is 5.32 Å². The fraction of sp³-hybridized carbons (Fsp3) is 0.923. The molecule has 0 aromatic rings. The number of fused-ring (bicyclic) bond motifs is 5. The van der Waals surface area contributed by atoms with Crippen molar-refractivity contribution in [2.75, 3.05) is 6.54 Å². The molecule has 4 saturated carbocycles. The molecular formula is C26H43NO5. The fourth-order valence-electron chi connectivity index (χ4n) is 8.98. The minimum atomic E-state index is -1.02. The minimum Gasteiger partial charge on any atom is -0.480 e. The lowest BCUT2D eigenvalue weighted by atomic mass is 9.43. The number of aliphatic hydroxyl groups is 2. The molecule has 0 bridgehead atoms. The molecule has 0 spiro atoms. The van der Waals surface area contributed by atoms with E-state index >= 15 is 0 Å². The molecule has 1 amide bonds. The highest BCUT2D eigenvalue weighted by Gasteiger charge is 2.63. The van der Waals surface area contributed by atoms with Crippen molar-refractivity contribution in [3.8, 4) is 0 Å². The Bertz CT molecular complexity index is 727. The summed E-state index contributed by atoms with van der Waals surface area (Å²) in [4.78, 5) is 22.7. The molecule has 0 heterocycles. The first kappa shape index (κ1) is 24.0. The monoisotopic (exact) mass is 449 g/mol. The Morgan fingerprint density at radius 1 is 1.03 bits per heavy atom. The Hall–Kier alpha value is -1.14. The number of rotatable bonds is 6. The van der Waals surface area contributed by atoms with Gasteiger partial charge in [0.25, 0.3) is 0 Å². The largest absolute Gasteiger partial charge is 0.480 e. The number of carbonyl (C=O) groups is 2. The quantitative estimate of drug-likeness (QED) is 0.496. The molecular weight excluding hydrogens is 406 g/mol. The predicted molar refractivity (Wildman–Crippen MR) is 122 cm³/mol. The van der Waals surface area contributed by atoms with Gasteiger partial charge in [0, 0.05) is 6.42 Å². The highest BCUT2D eigenvalue weighted by molar-refractivity contribution is 5.81. The van der Waals surface area contributed by atoms with Crippen LogP contribution in [0.15, 0.2) is 0 Å². The molecule has 4 aliphatic carbocycles. The first-order chi connectivity index (χ1) is 15.1. The van der Waals surface area contributed by atoms with Crippen molar-refractivity contribution < 1.29 is 24.9 Å². The van der Waals surface area contributed by atoms with Crippen molar-refractivity contribution in [3.63, 3.8) is 0 Å². The van der Waals surface area contributed by atoms with Gasteiger partial charge in [-0.05, 0) is 104 Å². The highest BCUT2D eigenvalue weighted by atomic mass is 16.4. The number of aliphatic hydroxyl groups excluding tert-OH is 2. The van der Waals surface area contributed by atoms with Crippen LogP contribution in [-0.4, -0.2) is 45.9 Å². The molecule has 0 saturated heterocycles. The van der Waals surface area contributed by atoms with Crippen molar-refractivity contribution in [2.45, 2.75) is 97.2 Å². The van der Waals surface area contributed by atoms with Crippen LogP contribution in [0.25, 0.3) is 0 Å². The van der Waals surface area contributed by atoms with E-state index < -0.39 is 5.97 Å². The van der Waals surface area contributed by atoms with Crippen molar-refractivity contribution in [2.24, 2.45) is 46.3 Å². The number of hydrogen-bond donors (Lipinski definition) is 4. The normalized spacial score (nSPS) is 46.5. The minimum absolute atomic E-state index is 0.102. The van der Waals surface area contributed by atoms with Gasteiger partial charge in [-0.15, -0.1) is 0 Å². The Morgan fingerprint density at radius 3 is 2.50 bits per heavy atom. The van der Waals surface area contributed by atoms with E-state index in [9.17, 15) is 19.8 Å². The molecule has 4 fully saturated rings. The van der Waals surface area contributed by atoms with Gasteiger partial charge < -0.3 is 20.6 Å². The number of hydrogen-bond acceptors (Lipinski definition) is 4. The van der Waals surface area contributed by atoms with Crippen LogP contribution in [0.5, 0.6) is 0 Å². The fourth-order valence-corrected chi connectivity index (χ4v) is 8.98. The Balaban J connectivity index is 1.45. The molecule has 6 heteroatoms. The van der Waals surface area contributed by atoms with E-state index in [-0.39, 0.29) is 35.5 Å². The predicted octanol–water partition coefficient (Wildman–Crippen LogP) is 3.59. The van der Waals surface area contributed by atoms with E-state index in [1.165, 1.54) is 12.8 Å². The van der Waals surface area contributed by atoms with Crippen LogP contribution in [0.1, 0.15) is 85.0 Å². The molecule has 6 nitrogen and oxygen atoms in total. The second kappa shape index (κ2) is 8.90. The number of carbonyl (C=O) groups excluding carboxylic acids is 1. The summed E-state index contributed by atoms with van der Waals surface area (Å²) in [6.07, 6.45) is 9.12. The molecule has 4 N–H and O–H groups in total. The maximum Gasteiger partial charge on any atom is 0.322 e. The van der Waals surface area contributed by atoms with E-state index in [1.807, 2.05) is 0 Å². The third-order valence-corrected chi connectivity index (χ3v) is 10.8. The average Bonchev–Trinajstić information content (AvgIpc) is 3.10. The second-order valence-corrected chi connectivity index (χ2v) is 12.1. The van der Waals surface area contributed by atoms with Gasteiger partial charge >= 0.3 is 5.97 Å². The van der Waals surface area contributed by atoms with E-state index in [4.69, 9.17) is 5.11 Å². The van der Waals surface area contributed by atoms with Crippen molar-refractivity contribution in [1.29, 1.82) is 0 Å². The lowest BCUT2D eigenvalue weighted by Gasteiger charge is -2.62. The van der Waals surface area contributed by atoms with Crippen LogP contribution in [0.3, 0.4) is 0 Å². The SMILES string of the molecule is C[C@H](CCC(=O)NCC(=O)O)[C@H]1CC[C@H]2[C@@H]3CC[C@@H]4C[C@H](O)CC[C@@]4(C)[C@H]3C[C@H](O)[C@@]12C. The zero-order valence-corrected chi connectivity index (χ0v) is 20.1. The standard InChI is InChI=1S/C26H43NO5/c1-15(4-9-23(30)27-14-24(31)32)19-7-8-20-18-6-5-16-12-17(28)10-11-25(16,2)21(18)13-22(29)26(19,20)3/h15-22,28-29H,4-14H2,1-3H3,(H,27,30)(H,31,32)/t15-,16-,17-,18+,19-,20+,21+,22+,25-,26+/m1/s1. The maximum atomic E-state index is 12.0. The third kappa shape index (κ3) is 4.00. The summed E-state index contributed by atoms with van der Waals surface area (Å²) in [5.41, 5.74) is 0.145. The number of aliphatic carboxylic acids is 1. The Labute approximate surface area is 192 Å². The summed E-state index contributed by atoms with van der Waals surface area (Å²) in [6.45, 7) is 6.65. The zero-order valence-electron chi connectivity index (χ0n) is 20.1. The summed E-state index contributed by atoms with van der Waals surface area (Å²) in [6, 6.07) is 0. The van der Waals surface area contributed by atoms with Crippen molar-refractivity contribution in [1.82, 2.24) is 5.32 Å². The van der Waals surface area contributed by atoms with Crippen LogP contribution in [0, 0.1) is 46.3 Å². The lowest BCUT2D eigenvalue weighted by molar-refractivity contribution is -0.175. The zero-order chi connectivity index (χ0) is 23.3. The number of amides is 1. The van der Waals surface area contributed by atoms with E-state index in [2.05, 4.69) is 26.1 Å². The van der Waals surface area contributed by atoms with E-state index in [0.717, 1.165) is 44.9 Å². The van der Waals surface area contributed by atoms with Gasteiger partial charge in [-0.1, -0.05) is 20.8 Å². The molecule has 4 aliphatic rings. The molecule has 32 heavy (non-hydrogen) atoms. The molecule has 0 radical (unpaired) electrons. The topological polar surface area (TPSA) is 107 Å². The lowest BCUT2D eigenvalue weighted by Crippen LogP contribution is -2.58. The van der Waals surface area contributed by atoms with E-state index in [0.29, 0.717) is 41.9 Å². The Morgan fingerprint density at radius 2 is 1.78 bits per heavy atom. The van der Waals surface area contributed by atoms with Gasteiger partial charge in [-0.3, -0.25) is 9.59 Å². The van der Waals surface area contributed by atoms with Crippen LogP contribution in [0.2, 0.25) is 0 Å². The smallest absolute Gasteiger partial charge is 0.322 e. The van der Waals surface area contributed by atoms with Gasteiger partial charge in [0.05, 0.1) is 12.2 Å². The van der Waals surface area contributed by atoms with Gasteiger partial charge in [0.1, 0.15) is 6.54 Å². The van der Waals surface area contributed by atoms with Gasteiger partial charge in [-0.25, -0.2) is 0 Å². The first-order valence-corrected chi connectivity index (χ1v) is 12.9. The van der Waals surface area contributed by atoms with Crippen molar-refractivity contribution in [3.05, 3.63) is 0 Å². The Kier molecular flexibility index (Phi) is 6.68. The molecule has 0 aliphatic heterocycles. The summed E-state index contributed by atoms with van der Waals surface area (Å²) in [5, 5.41) is 33.0. The summed E-state index contributed by atoms with van der Waals surface area (Å²) >= 11 is 0. The van der Waals surface area contributed by atoms with Gasteiger partial charge in [0.15, 0.2) is 0 Å². The van der Waals surface area contributed by atoms with Crippen LogP contribution >= 0.6 is 0 Å². The third-order valence-electron chi connectivity index (χ3n) is 10.8. The number of carboxylic acid groups (broad SMARTS) is 1. The number of carboxylic acids is 1. The van der Waals surface area contributed by atoms with E-state index in [1.54, 1.807) is 0 Å². The summed E-state index contributed by atoms with van der Waals surface area (Å²) < 4.78 is 0. The van der Waals surface area contributed by atoms with Crippen LogP contribution in [0.4, 0.5) is 0 Å². The highest BCUT2D eigenvalue weighted by Crippen LogP contribution is 2.68. The summed E-state index contributed by atoms with van der Waals surface area (Å²) in [5.74, 6) is 1.84. The molecule has 0 aromatic heterocycles. The average molecular weight is 450 g/mol.